The van der Waals surface area contributed by atoms with Gasteiger partial charge < -0.3 is 19.6 Å². The van der Waals surface area contributed by atoms with E-state index in [2.05, 4.69) is 31.5 Å². The van der Waals surface area contributed by atoms with E-state index in [1.807, 2.05) is 51.9 Å². The second-order valence-corrected chi connectivity index (χ2v) is 11.9. The number of carbonyl (C=O) groups excluding carboxylic acids is 1. The minimum atomic E-state index is -0.492. The summed E-state index contributed by atoms with van der Waals surface area (Å²) in [4.78, 5) is 30.5. The van der Waals surface area contributed by atoms with Crippen molar-refractivity contribution in [2.45, 2.75) is 38.9 Å². The van der Waals surface area contributed by atoms with Gasteiger partial charge in [0.25, 0.3) is 0 Å². The quantitative estimate of drug-likeness (QED) is 0.347. The Labute approximate surface area is 243 Å². The van der Waals surface area contributed by atoms with E-state index in [9.17, 15) is 4.79 Å². The first kappa shape index (κ1) is 27.4. The Morgan fingerprint density at radius 2 is 1.90 bits per heavy atom. The maximum absolute atomic E-state index is 16.8. The normalized spacial score (nSPS) is 19.9. The number of aryl methyl sites for hydroxylation is 1. The SMILES string of the molecule is C=CC(=O)N1C[C@H](C)N(c2nc(N3CC(N(C)C)C3)nc3c(F)c(-c4c(C)ccc5cn[nH]c45)c(Cl)cc23)C[C@H]1C. The molecule has 4 heterocycles. The minimum Gasteiger partial charge on any atom is -0.349 e. The Morgan fingerprint density at radius 3 is 2.61 bits per heavy atom. The molecule has 2 saturated heterocycles. The van der Waals surface area contributed by atoms with Gasteiger partial charge in [-0.05, 0) is 52.6 Å². The maximum Gasteiger partial charge on any atom is 0.246 e. The van der Waals surface area contributed by atoms with Crippen LogP contribution in [0.4, 0.5) is 16.2 Å². The average molecular weight is 577 g/mol. The zero-order valence-corrected chi connectivity index (χ0v) is 24.7. The highest BCUT2D eigenvalue weighted by atomic mass is 35.5. The van der Waals surface area contributed by atoms with Crippen LogP contribution in [0, 0.1) is 12.7 Å². The maximum atomic E-state index is 16.8. The Morgan fingerprint density at radius 1 is 1.15 bits per heavy atom. The number of benzene rings is 2. The molecule has 2 aromatic carbocycles. The zero-order chi connectivity index (χ0) is 29.2. The van der Waals surface area contributed by atoms with E-state index in [-0.39, 0.29) is 28.5 Å². The zero-order valence-electron chi connectivity index (χ0n) is 23.9. The molecule has 41 heavy (non-hydrogen) atoms. The first-order valence-corrected chi connectivity index (χ1v) is 14.2. The fourth-order valence-electron chi connectivity index (χ4n) is 5.99. The first-order chi connectivity index (χ1) is 19.6. The van der Waals surface area contributed by atoms with Gasteiger partial charge in [0.15, 0.2) is 5.82 Å². The number of amides is 1. The van der Waals surface area contributed by atoms with Crippen LogP contribution >= 0.6 is 11.6 Å². The number of nitrogens with zero attached hydrogens (tertiary/aromatic N) is 7. The molecular weight excluding hydrogens is 543 g/mol. The lowest BCUT2D eigenvalue weighted by Gasteiger charge is -2.45. The topological polar surface area (TPSA) is 84.5 Å². The lowest BCUT2D eigenvalue weighted by Crippen LogP contribution is -2.59. The highest BCUT2D eigenvalue weighted by Crippen LogP contribution is 2.43. The second-order valence-electron chi connectivity index (χ2n) is 11.4. The molecule has 0 radical (unpaired) electrons. The number of piperazine rings is 1. The summed E-state index contributed by atoms with van der Waals surface area (Å²) in [6.45, 7) is 12.2. The summed E-state index contributed by atoms with van der Waals surface area (Å²) in [6, 6.07) is 5.88. The molecule has 2 fully saturated rings. The molecule has 0 unspecified atom stereocenters. The summed E-state index contributed by atoms with van der Waals surface area (Å²) in [6.07, 6.45) is 3.06. The highest BCUT2D eigenvalue weighted by Gasteiger charge is 2.36. The molecule has 6 rings (SSSR count). The number of hydrogen-bond acceptors (Lipinski definition) is 7. The molecule has 0 saturated carbocycles. The Hall–Kier alpha value is -3.76. The second kappa shape index (κ2) is 10.3. The monoisotopic (exact) mass is 576 g/mol. The third-order valence-electron chi connectivity index (χ3n) is 8.52. The average Bonchev–Trinajstić information content (AvgIpc) is 3.38. The van der Waals surface area contributed by atoms with Gasteiger partial charge in [-0.1, -0.05) is 30.3 Å². The number of likely N-dealkylation sites (N-methyl/N-ethyl adjacent to an activating group) is 1. The summed E-state index contributed by atoms with van der Waals surface area (Å²) in [5.74, 6) is 0.508. The van der Waals surface area contributed by atoms with Crippen LogP contribution in [-0.2, 0) is 4.79 Å². The van der Waals surface area contributed by atoms with Gasteiger partial charge in [-0.3, -0.25) is 9.89 Å². The smallest absolute Gasteiger partial charge is 0.246 e. The van der Waals surface area contributed by atoms with Crippen molar-refractivity contribution < 1.29 is 9.18 Å². The predicted octanol–water partition coefficient (Wildman–Crippen LogP) is 4.64. The van der Waals surface area contributed by atoms with Crippen LogP contribution in [-0.4, -0.2) is 94.3 Å². The van der Waals surface area contributed by atoms with E-state index < -0.39 is 5.82 Å². The van der Waals surface area contributed by atoms with Gasteiger partial charge >= 0.3 is 0 Å². The molecule has 2 aromatic heterocycles. The van der Waals surface area contributed by atoms with Crippen molar-refractivity contribution in [3.63, 3.8) is 0 Å². The van der Waals surface area contributed by atoms with Crippen molar-refractivity contribution in [1.29, 1.82) is 0 Å². The molecule has 9 nitrogen and oxygen atoms in total. The number of carbonyl (C=O) groups is 1. The molecule has 2 atom stereocenters. The van der Waals surface area contributed by atoms with E-state index in [4.69, 9.17) is 21.6 Å². The van der Waals surface area contributed by atoms with Crippen LogP contribution in [0.15, 0.2) is 37.1 Å². The number of rotatable bonds is 5. The molecule has 0 bridgehead atoms. The lowest BCUT2D eigenvalue weighted by atomic mass is 9.96. The number of nitrogens with one attached hydrogen (secondary N) is 1. The molecular formula is C30H34ClFN8O. The number of aromatic nitrogens is 4. The number of hydrogen-bond donors (Lipinski definition) is 1. The van der Waals surface area contributed by atoms with Crippen LogP contribution in [0.25, 0.3) is 32.9 Å². The molecule has 4 aromatic rings. The van der Waals surface area contributed by atoms with E-state index in [1.54, 1.807) is 12.3 Å². The highest BCUT2D eigenvalue weighted by molar-refractivity contribution is 6.35. The molecule has 2 aliphatic heterocycles. The van der Waals surface area contributed by atoms with Crippen LogP contribution in [0.3, 0.4) is 0 Å². The molecule has 1 amide bonds. The van der Waals surface area contributed by atoms with Crippen LogP contribution in [0.2, 0.25) is 5.02 Å². The lowest BCUT2D eigenvalue weighted by molar-refractivity contribution is -0.128. The number of aromatic amines is 1. The van der Waals surface area contributed by atoms with Crippen LogP contribution in [0.5, 0.6) is 0 Å². The summed E-state index contributed by atoms with van der Waals surface area (Å²) >= 11 is 6.91. The summed E-state index contributed by atoms with van der Waals surface area (Å²) in [5.41, 5.74) is 2.78. The van der Waals surface area contributed by atoms with E-state index in [1.165, 1.54) is 6.08 Å². The van der Waals surface area contributed by atoms with Crippen molar-refractivity contribution in [2.75, 3.05) is 50.1 Å². The predicted molar refractivity (Wildman–Crippen MR) is 162 cm³/mol. The standard InChI is InChI=1S/C30H34ClFN8O/c1-7-23(41)39-12-18(4)40(13-17(39)3)29-21-10-22(31)25(24-16(2)8-9-19-11-33-36-27(19)24)26(32)28(21)34-30(35-29)38-14-20(15-38)37(5)6/h7-11,17-18,20H,1,12-15H2,2-6H3,(H,33,36)/t17-,18+/m1/s1. The first-order valence-electron chi connectivity index (χ1n) is 13.8. The Kier molecular flexibility index (Phi) is 6.86. The van der Waals surface area contributed by atoms with E-state index in [0.29, 0.717) is 47.4 Å². The van der Waals surface area contributed by atoms with Gasteiger partial charge in [0.2, 0.25) is 11.9 Å². The van der Waals surface area contributed by atoms with Gasteiger partial charge in [0, 0.05) is 66.2 Å². The number of H-pyrrole nitrogens is 1. The van der Waals surface area contributed by atoms with Crippen molar-refractivity contribution in [3.05, 3.63) is 53.5 Å². The van der Waals surface area contributed by atoms with Crippen LogP contribution < -0.4 is 9.80 Å². The third-order valence-corrected chi connectivity index (χ3v) is 8.82. The summed E-state index contributed by atoms with van der Waals surface area (Å²) < 4.78 is 16.8. The van der Waals surface area contributed by atoms with Crippen molar-refractivity contribution in [3.8, 4) is 11.1 Å². The van der Waals surface area contributed by atoms with Crippen molar-refractivity contribution in [1.82, 2.24) is 30.0 Å². The molecule has 0 spiro atoms. The fraction of sp³-hybridized carbons (Fsp3) is 0.400. The molecule has 0 aliphatic carbocycles. The Bertz CT molecular complexity index is 1680. The summed E-state index contributed by atoms with van der Waals surface area (Å²) in [5, 5.41) is 8.88. The van der Waals surface area contributed by atoms with E-state index >= 15 is 4.39 Å². The number of fused-ring (bicyclic) bond motifs is 2. The minimum absolute atomic E-state index is 0.0746. The van der Waals surface area contributed by atoms with Crippen molar-refractivity contribution in [2.24, 2.45) is 0 Å². The number of anilines is 2. The largest absolute Gasteiger partial charge is 0.349 e. The van der Waals surface area contributed by atoms with Crippen molar-refractivity contribution >= 4 is 51.1 Å². The molecule has 214 valence electrons. The molecule has 2 aliphatic rings. The van der Waals surface area contributed by atoms with Gasteiger partial charge in [-0.2, -0.15) is 10.1 Å². The molecule has 11 heteroatoms. The third kappa shape index (κ3) is 4.49. The van der Waals surface area contributed by atoms with Gasteiger partial charge in [-0.25, -0.2) is 9.37 Å². The fourth-order valence-corrected chi connectivity index (χ4v) is 6.28. The summed E-state index contributed by atoms with van der Waals surface area (Å²) in [7, 11) is 4.10. The number of halogens is 2. The van der Waals surface area contributed by atoms with Gasteiger partial charge in [0.05, 0.1) is 16.7 Å². The van der Waals surface area contributed by atoms with Gasteiger partial charge in [0.1, 0.15) is 11.3 Å². The Balaban J connectivity index is 1.54. The van der Waals surface area contributed by atoms with Crippen LogP contribution in [0.1, 0.15) is 19.4 Å². The van der Waals surface area contributed by atoms with E-state index in [0.717, 1.165) is 29.6 Å². The molecule has 1 N–H and O–H groups in total. The van der Waals surface area contributed by atoms with Gasteiger partial charge in [-0.15, -0.1) is 0 Å².